The Morgan fingerprint density at radius 2 is 1.77 bits per heavy atom. The van der Waals surface area contributed by atoms with Gasteiger partial charge in [0.25, 0.3) is 5.22 Å². The SMILES string of the molecule is Cc1ccc(-c2nnc(SCC(=O)Nc3c(Cl)cc(Cl)cc3Cl)o2)cc1. The summed E-state index contributed by atoms with van der Waals surface area (Å²) in [6, 6.07) is 10.7. The zero-order valence-corrected chi connectivity index (χ0v) is 16.5. The molecule has 1 amide bonds. The zero-order chi connectivity index (χ0) is 18.7. The average molecular weight is 429 g/mol. The molecule has 0 aliphatic carbocycles. The Bertz CT molecular complexity index is 922. The Balaban J connectivity index is 1.61. The van der Waals surface area contributed by atoms with E-state index in [0.717, 1.165) is 22.9 Å². The van der Waals surface area contributed by atoms with E-state index in [4.69, 9.17) is 39.2 Å². The van der Waals surface area contributed by atoms with Gasteiger partial charge in [-0.1, -0.05) is 64.3 Å². The minimum atomic E-state index is -0.309. The number of aryl methyl sites for hydroxylation is 1. The second-order valence-corrected chi connectivity index (χ2v) is 7.50. The molecule has 3 rings (SSSR count). The molecule has 0 bridgehead atoms. The van der Waals surface area contributed by atoms with E-state index < -0.39 is 0 Å². The maximum Gasteiger partial charge on any atom is 0.277 e. The summed E-state index contributed by atoms with van der Waals surface area (Å²) in [5, 5.41) is 11.8. The van der Waals surface area contributed by atoms with E-state index in [9.17, 15) is 4.79 Å². The lowest BCUT2D eigenvalue weighted by Gasteiger charge is -2.09. The van der Waals surface area contributed by atoms with Crippen molar-refractivity contribution < 1.29 is 9.21 Å². The molecule has 1 N–H and O–H groups in total. The molecule has 0 radical (unpaired) electrons. The van der Waals surface area contributed by atoms with Gasteiger partial charge in [0.1, 0.15) is 0 Å². The van der Waals surface area contributed by atoms with Crippen molar-refractivity contribution in [1.82, 2.24) is 10.2 Å². The summed E-state index contributed by atoms with van der Waals surface area (Å²) < 4.78 is 5.56. The van der Waals surface area contributed by atoms with E-state index >= 15 is 0 Å². The van der Waals surface area contributed by atoms with Gasteiger partial charge in [0, 0.05) is 10.6 Å². The number of benzene rings is 2. The first-order valence-corrected chi connectivity index (χ1v) is 9.52. The van der Waals surface area contributed by atoms with Crippen molar-refractivity contribution in [3.63, 3.8) is 0 Å². The molecule has 134 valence electrons. The highest BCUT2D eigenvalue weighted by Gasteiger charge is 2.14. The standard InChI is InChI=1S/C17H12Cl3N3O2S/c1-9-2-4-10(5-3-9)16-22-23-17(25-16)26-8-14(24)21-15-12(19)6-11(18)7-13(15)20/h2-7H,8H2,1H3,(H,21,24). The lowest BCUT2D eigenvalue weighted by atomic mass is 10.1. The summed E-state index contributed by atoms with van der Waals surface area (Å²) in [5.41, 5.74) is 2.27. The third-order valence-electron chi connectivity index (χ3n) is 3.30. The van der Waals surface area contributed by atoms with Crippen molar-refractivity contribution in [3.8, 4) is 11.5 Å². The summed E-state index contributed by atoms with van der Waals surface area (Å²) in [4.78, 5) is 12.1. The van der Waals surface area contributed by atoms with E-state index in [1.54, 1.807) is 0 Å². The first-order chi connectivity index (χ1) is 12.4. The first kappa shape index (κ1) is 19.0. The lowest BCUT2D eigenvalue weighted by molar-refractivity contribution is -0.113. The van der Waals surface area contributed by atoms with E-state index in [1.165, 1.54) is 12.1 Å². The van der Waals surface area contributed by atoms with Gasteiger partial charge in [0.05, 0.1) is 21.5 Å². The highest BCUT2D eigenvalue weighted by atomic mass is 35.5. The van der Waals surface area contributed by atoms with Crippen LogP contribution in [0, 0.1) is 6.92 Å². The number of aromatic nitrogens is 2. The highest BCUT2D eigenvalue weighted by molar-refractivity contribution is 7.99. The third-order valence-corrected chi connectivity index (χ3v) is 4.94. The predicted molar refractivity (Wildman–Crippen MR) is 105 cm³/mol. The number of hydrogen-bond acceptors (Lipinski definition) is 5. The number of halogens is 3. The van der Waals surface area contributed by atoms with Crippen molar-refractivity contribution >= 4 is 58.2 Å². The minimum Gasteiger partial charge on any atom is -0.411 e. The number of carbonyl (C=O) groups is 1. The van der Waals surface area contributed by atoms with E-state index in [-0.39, 0.29) is 21.7 Å². The van der Waals surface area contributed by atoms with Crippen LogP contribution in [0.3, 0.4) is 0 Å². The normalized spacial score (nSPS) is 10.8. The molecule has 26 heavy (non-hydrogen) atoms. The first-order valence-electron chi connectivity index (χ1n) is 7.40. The van der Waals surface area contributed by atoms with E-state index in [1.807, 2.05) is 31.2 Å². The molecule has 9 heteroatoms. The van der Waals surface area contributed by atoms with Gasteiger partial charge >= 0.3 is 0 Å². The fourth-order valence-electron chi connectivity index (χ4n) is 2.05. The van der Waals surface area contributed by atoms with Crippen LogP contribution in [-0.4, -0.2) is 21.9 Å². The molecule has 0 saturated carbocycles. The molecule has 1 heterocycles. The molecule has 0 fully saturated rings. The van der Waals surface area contributed by atoms with Crippen LogP contribution in [0.2, 0.25) is 15.1 Å². The van der Waals surface area contributed by atoms with Gasteiger partial charge in [-0.05, 0) is 31.2 Å². The van der Waals surface area contributed by atoms with Crippen molar-refractivity contribution in [2.75, 3.05) is 11.1 Å². The molecular weight excluding hydrogens is 417 g/mol. The quantitative estimate of drug-likeness (QED) is 0.525. The molecule has 0 saturated heterocycles. The Labute approximate surface area is 169 Å². The highest BCUT2D eigenvalue weighted by Crippen LogP contribution is 2.34. The second-order valence-electron chi connectivity index (χ2n) is 5.32. The van der Waals surface area contributed by atoms with Crippen LogP contribution in [0.25, 0.3) is 11.5 Å². The molecule has 0 atom stereocenters. The molecular formula is C17H12Cl3N3O2S. The number of nitrogens with one attached hydrogen (secondary N) is 1. The summed E-state index contributed by atoms with van der Waals surface area (Å²) in [5.74, 6) is 0.151. The Hall–Kier alpha value is -1.73. The number of thioether (sulfide) groups is 1. The van der Waals surface area contributed by atoms with E-state index in [0.29, 0.717) is 21.8 Å². The van der Waals surface area contributed by atoms with Gasteiger partial charge in [-0.3, -0.25) is 4.79 Å². The maximum atomic E-state index is 12.1. The van der Waals surface area contributed by atoms with Crippen molar-refractivity contribution in [1.29, 1.82) is 0 Å². The lowest BCUT2D eigenvalue weighted by Crippen LogP contribution is -2.14. The van der Waals surface area contributed by atoms with Gasteiger partial charge < -0.3 is 9.73 Å². The van der Waals surface area contributed by atoms with Crippen molar-refractivity contribution in [3.05, 3.63) is 57.0 Å². The van der Waals surface area contributed by atoms with Crippen molar-refractivity contribution in [2.24, 2.45) is 0 Å². The second kappa shape index (κ2) is 8.31. The van der Waals surface area contributed by atoms with Gasteiger partial charge in [-0.25, -0.2) is 0 Å². The molecule has 0 aliphatic rings. The molecule has 0 spiro atoms. The van der Waals surface area contributed by atoms with Crippen LogP contribution in [-0.2, 0) is 4.79 Å². The van der Waals surface area contributed by atoms with Crippen molar-refractivity contribution in [2.45, 2.75) is 12.1 Å². The average Bonchev–Trinajstić information content (AvgIpc) is 3.06. The monoisotopic (exact) mass is 427 g/mol. The van der Waals surface area contributed by atoms with Crippen LogP contribution in [0.1, 0.15) is 5.56 Å². The van der Waals surface area contributed by atoms with E-state index in [2.05, 4.69) is 15.5 Å². The molecule has 3 aromatic rings. The smallest absolute Gasteiger partial charge is 0.277 e. The predicted octanol–water partition coefficient (Wildman–Crippen LogP) is 5.74. The minimum absolute atomic E-state index is 0.0603. The van der Waals surface area contributed by atoms with Crippen LogP contribution >= 0.6 is 46.6 Å². The fourth-order valence-corrected chi connectivity index (χ4v) is 3.52. The topological polar surface area (TPSA) is 68.0 Å². The largest absolute Gasteiger partial charge is 0.411 e. The number of nitrogens with zero attached hydrogens (tertiary/aromatic N) is 2. The number of carbonyl (C=O) groups excluding carboxylic acids is 1. The fraction of sp³-hybridized carbons (Fsp3) is 0.118. The third kappa shape index (κ3) is 4.71. The van der Waals surface area contributed by atoms with Crippen LogP contribution < -0.4 is 5.32 Å². The van der Waals surface area contributed by atoms with Crippen LogP contribution in [0.4, 0.5) is 5.69 Å². The Morgan fingerprint density at radius 3 is 2.42 bits per heavy atom. The molecule has 0 aliphatic heterocycles. The van der Waals surface area contributed by atoms with Gasteiger partial charge in [0.2, 0.25) is 11.8 Å². The van der Waals surface area contributed by atoms with Crippen LogP contribution in [0.15, 0.2) is 46.0 Å². The number of hydrogen-bond donors (Lipinski definition) is 1. The van der Waals surface area contributed by atoms with Gasteiger partial charge in [0.15, 0.2) is 0 Å². The summed E-state index contributed by atoms with van der Waals surface area (Å²) >= 11 is 19.1. The Morgan fingerprint density at radius 1 is 1.12 bits per heavy atom. The summed E-state index contributed by atoms with van der Waals surface area (Å²) in [7, 11) is 0. The Kier molecular flexibility index (Phi) is 6.09. The molecule has 0 unspecified atom stereocenters. The molecule has 5 nitrogen and oxygen atoms in total. The maximum absolute atomic E-state index is 12.1. The zero-order valence-electron chi connectivity index (χ0n) is 13.4. The number of amides is 1. The number of anilines is 1. The summed E-state index contributed by atoms with van der Waals surface area (Å²) in [6.45, 7) is 2.00. The molecule has 2 aromatic carbocycles. The molecule has 1 aromatic heterocycles. The summed E-state index contributed by atoms with van der Waals surface area (Å²) in [6.07, 6.45) is 0. The number of rotatable bonds is 5. The van der Waals surface area contributed by atoms with Crippen LogP contribution in [0.5, 0.6) is 0 Å². The van der Waals surface area contributed by atoms with Gasteiger partial charge in [-0.2, -0.15) is 0 Å². The van der Waals surface area contributed by atoms with Gasteiger partial charge in [-0.15, -0.1) is 10.2 Å².